The summed E-state index contributed by atoms with van der Waals surface area (Å²) in [5.41, 5.74) is -2.39. The van der Waals surface area contributed by atoms with Crippen molar-refractivity contribution in [3.63, 3.8) is 0 Å². The van der Waals surface area contributed by atoms with Crippen LogP contribution in [0.3, 0.4) is 0 Å². The van der Waals surface area contributed by atoms with Gasteiger partial charge < -0.3 is 4.57 Å². The average molecular weight is 803 g/mol. The van der Waals surface area contributed by atoms with Crippen LogP contribution < -0.4 is 4.57 Å². The lowest BCUT2D eigenvalue weighted by molar-refractivity contribution is -0.0503. The minimum Gasteiger partial charge on any atom is -0.343 e. The fourth-order valence-corrected chi connectivity index (χ4v) is 36.9. The Bertz CT molecular complexity index is 1730. The summed E-state index contributed by atoms with van der Waals surface area (Å²) in [6.45, 7) is 36.9. The fourth-order valence-electron chi connectivity index (χ4n) is 11.0. The van der Waals surface area contributed by atoms with E-state index in [2.05, 4.69) is 140 Å². The summed E-state index contributed by atoms with van der Waals surface area (Å²) in [7, 11) is -15.9. The maximum Gasteiger partial charge on any atom is 0.522 e. The molecule has 2 heterocycles. The summed E-state index contributed by atoms with van der Waals surface area (Å²) >= 11 is 0. The molecule has 3 unspecified atom stereocenters. The predicted octanol–water partition coefficient (Wildman–Crippen LogP) is 10.9. The van der Waals surface area contributed by atoms with Gasteiger partial charge in [0.15, 0.2) is 0 Å². The molecule has 1 spiro atoms. The Morgan fingerprint density at radius 2 is 1.25 bits per heavy atom. The number of para-hydroxylation sites is 1. The predicted molar refractivity (Wildman–Crippen MR) is 217 cm³/mol. The zero-order valence-electron chi connectivity index (χ0n) is 34.8. The Morgan fingerprint density at radius 1 is 0.808 bits per heavy atom. The molecule has 3 atom stereocenters. The van der Waals surface area contributed by atoms with E-state index < -0.39 is 39.7 Å². The molecule has 14 heteroatoms. The molecule has 4 aliphatic rings. The maximum absolute atomic E-state index is 15.0. The van der Waals surface area contributed by atoms with Crippen LogP contribution in [0.5, 0.6) is 0 Å². The molecule has 0 radical (unpaired) electrons. The van der Waals surface area contributed by atoms with Crippen molar-refractivity contribution in [1.29, 1.82) is 0 Å². The molecule has 1 saturated heterocycles. The fraction of sp³-hybridized carbons (Fsp3) is 0.763. The molecule has 2 bridgehead atoms. The standard InChI is InChI=1S/C38H66F3N4O3PSSi2/c1-24(2)30-19-18-20-31(25(3)4)33(30)43-32-28-21-22-29(23-28)34(32)49(44(36(9,10)11)51(15,16)45(49)37(12,13)14)35(42(26(5)6)27(7)8)52(43,17)48-50(46,47)38(39,40)41/h18-20,24-29H,21-23H2,1-17H3. The summed E-state index contributed by atoms with van der Waals surface area (Å²) < 4.78 is 86.7. The van der Waals surface area contributed by atoms with Crippen LogP contribution in [0.1, 0.15) is 139 Å². The largest absolute Gasteiger partial charge is 0.522 e. The first kappa shape index (κ1) is 42.2. The first-order chi connectivity index (χ1) is 23.4. The molecule has 52 heavy (non-hydrogen) atoms. The number of hydrogen-bond acceptors (Lipinski definition) is 7. The van der Waals surface area contributed by atoms with Gasteiger partial charge in [-0.2, -0.15) is 21.6 Å². The molecule has 2 fully saturated rings. The SMILES string of the molecule is CC(C)c1cccc(C(C)C)c1N1C2=C(C3CCC2C3)P2(=C(N(C(C)C)C(C)C)[Si]1(C)OS(=O)(=O)C(F)(F)F)N(C(C)(C)C)[Si](C)(C)N2C(C)(C)C. The van der Waals surface area contributed by atoms with Crippen LogP contribution in [-0.2, 0) is 14.0 Å². The van der Waals surface area contributed by atoms with Gasteiger partial charge in [0.1, 0.15) is 0 Å². The van der Waals surface area contributed by atoms with Crippen LogP contribution in [0.15, 0.2) is 29.2 Å². The van der Waals surface area contributed by atoms with Gasteiger partial charge in [-0.05, 0) is 143 Å². The average Bonchev–Trinajstić information content (AvgIpc) is 3.53. The van der Waals surface area contributed by atoms with E-state index in [1.54, 1.807) is 6.55 Å². The third kappa shape index (κ3) is 6.04. The Labute approximate surface area is 315 Å². The van der Waals surface area contributed by atoms with E-state index in [1.165, 1.54) is 5.31 Å². The number of allylic oxidation sites excluding steroid dienone is 2. The second-order valence-corrected chi connectivity index (χ2v) is 32.2. The third-order valence-corrected chi connectivity index (χ3v) is 31.4. The minimum absolute atomic E-state index is 0.0291. The van der Waals surface area contributed by atoms with Crippen LogP contribution >= 0.6 is 7.19 Å². The molecule has 0 amide bonds. The van der Waals surface area contributed by atoms with Crippen LogP contribution in [0.25, 0.3) is 0 Å². The molecule has 2 aliphatic carbocycles. The van der Waals surface area contributed by atoms with E-state index in [-0.39, 0.29) is 46.8 Å². The highest BCUT2D eigenvalue weighted by Crippen LogP contribution is 2.84. The van der Waals surface area contributed by atoms with Crippen molar-refractivity contribution in [2.24, 2.45) is 11.8 Å². The van der Waals surface area contributed by atoms with Crippen LogP contribution in [-0.4, -0.2) is 72.6 Å². The van der Waals surface area contributed by atoms with Gasteiger partial charge in [0.05, 0.1) is 5.04 Å². The lowest BCUT2D eigenvalue weighted by Gasteiger charge is -2.77. The zero-order valence-corrected chi connectivity index (χ0v) is 38.5. The second-order valence-electron chi connectivity index (χ2n) is 19.4. The molecule has 0 N–H and O–H groups in total. The van der Waals surface area contributed by atoms with Crippen molar-refractivity contribution >= 4 is 44.9 Å². The number of fused-ring (bicyclic) bond motifs is 5. The van der Waals surface area contributed by atoms with E-state index in [0.29, 0.717) is 0 Å². The summed E-state index contributed by atoms with van der Waals surface area (Å²) in [5.74, 6) is 0.407. The zero-order chi connectivity index (χ0) is 39.7. The number of rotatable bonds is 8. The quantitative estimate of drug-likeness (QED) is 0.147. The lowest BCUT2D eigenvalue weighted by Crippen LogP contribution is -2.83. The molecule has 296 valence electrons. The van der Waals surface area contributed by atoms with Crippen molar-refractivity contribution in [2.75, 3.05) is 4.57 Å². The van der Waals surface area contributed by atoms with Gasteiger partial charge in [-0.15, -0.1) is 0 Å². The number of nitrogens with zero attached hydrogens (tertiary/aromatic N) is 4. The summed E-state index contributed by atoms with van der Waals surface area (Å²) in [6.07, 6.45) is 2.88. The number of benzene rings is 1. The van der Waals surface area contributed by atoms with Gasteiger partial charge >= 0.3 is 24.1 Å². The number of anilines is 1. The minimum atomic E-state index is -6.05. The van der Waals surface area contributed by atoms with E-state index >= 15 is 0 Å². The third-order valence-electron chi connectivity index (χ3n) is 11.5. The number of hydrogen-bond donors (Lipinski definition) is 0. The molecule has 1 aromatic carbocycles. The van der Waals surface area contributed by atoms with E-state index in [0.717, 1.165) is 46.8 Å². The first-order valence-electron chi connectivity index (χ1n) is 19.3. The van der Waals surface area contributed by atoms with E-state index in [4.69, 9.17) is 3.87 Å². The monoisotopic (exact) mass is 802 g/mol. The number of halogens is 3. The van der Waals surface area contributed by atoms with Crippen LogP contribution in [0.4, 0.5) is 18.9 Å². The highest BCUT2D eigenvalue weighted by molar-refractivity contribution is 7.90. The molecule has 2 aliphatic heterocycles. The smallest absolute Gasteiger partial charge is 0.343 e. The van der Waals surface area contributed by atoms with E-state index in [1.807, 2.05) is 6.07 Å². The normalized spacial score (nSPS) is 27.0. The topological polar surface area (TPSA) is 56.3 Å². The van der Waals surface area contributed by atoms with Gasteiger partial charge in [0.25, 0.3) is 0 Å². The van der Waals surface area contributed by atoms with Crippen LogP contribution in [0.2, 0.25) is 19.6 Å². The highest BCUT2D eigenvalue weighted by Gasteiger charge is 2.75. The summed E-state index contributed by atoms with van der Waals surface area (Å²) in [6, 6.07) is 5.92. The van der Waals surface area contributed by atoms with Crippen molar-refractivity contribution in [3.8, 4) is 0 Å². The Balaban J connectivity index is 2.19. The molecule has 0 aromatic heterocycles. The van der Waals surface area contributed by atoms with Crippen molar-refractivity contribution in [2.45, 2.75) is 176 Å². The molecule has 7 nitrogen and oxygen atoms in total. The Morgan fingerprint density at radius 3 is 1.63 bits per heavy atom. The maximum atomic E-state index is 15.0. The van der Waals surface area contributed by atoms with Crippen molar-refractivity contribution in [3.05, 3.63) is 40.3 Å². The number of alkyl halides is 3. The lowest BCUT2D eigenvalue weighted by atomic mass is 9.91. The highest BCUT2D eigenvalue weighted by atomic mass is 32.2. The van der Waals surface area contributed by atoms with E-state index in [9.17, 15) is 21.6 Å². The molecule has 5 rings (SSSR count). The van der Waals surface area contributed by atoms with Crippen molar-refractivity contribution in [1.82, 2.24) is 13.6 Å². The van der Waals surface area contributed by atoms with Gasteiger partial charge in [0, 0.05) is 47.0 Å². The molecule has 1 aromatic rings. The van der Waals surface area contributed by atoms with Crippen molar-refractivity contribution < 1.29 is 25.5 Å². The molecular weight excluding hydrogens is 737 g/mol. The van der Waals surface area contributed by atoms with Gasteiger partial charge in [-0.3, -0.25) is 17.4 Å². The van der Waals surface area contributed by atoms with Crippen LogP contribution in [0, 0.1) is 11.8 Å². The first-order valence-corrected chi connectivity index (χ1v) is 27.6. The molecular formula is C38H66F3N4O3PSSi2. The summed E-state index contributed by atoms with van der Waals surface area (Å²) in [4.78, 5) is 2.31. The van der Waals surface area contributed by atoms with Gasteiger partial charge in [0.2, 0.25) is 8.40 Å². The Kier molecular flexibility index (Phi) is 10.6. The molecule has 1 saturated carbocycles. The Hall–Kier alpha value is -0.926. The van der Waals surface area contributed by atoms with Gasteiger partial charge in [-0.1, -0.05) is 45.9 Å². The summed E-state index contributed by atoms with van der Waals surface area (Å²) in [5, 5.41) is 2.18. The van der Waals surface area contributed by atoms with Gasteiger partial charge in [-0.25, -0.2) is 0 Å². The second kappa shape index (κ2) is 13.1.